The van der Waals surface area contributed by atoms with Gasteiger partial charge in [0, 0.05) is 19.3 Å². The summed E-state index contributed by atoms with van der Waals surface area (Å²) in [7, 11) is 1.81. The van der Waals surface area contributed by atoms with E-state index in [-0.39, 0.29) is 49.5 Å². The van der Waals surface area contributed by atoms with Crippen molar-refractivity contribution in [2.45, 2.75) is 26.6 Å². The second-order valence-electron chi connectivity index (χ2n) is 15.6. The molecular weight excluding hydrogens is 885 g/mol. The number of benzene rings is 5. The molecule has 0 radical (unpaired) electrons. The van der Waals surface area contributed by atoms with Crippen LogP contribution in [0.4, 0.5) is 17.1 Å². The van der Waals surface area contributed by atoms with Crippen LogP contribution in [0.5, 0.6) is 0 Å². The number of carbonyl (C=O) groups excluding carboxylic acids is 5. The Kier molecular flexibility index (Phi) is 16.9. The molecule has 0 atom stereocenters. The molecule has 0 aromatic heterocycles. The summed E-state index contributed by atoms with van der Waals surface area (Å²) in [6.07, 6.45) is 7.66. The second kappa shape index (κ2) is 23.7. The molecule has 14 heteroatoms. The summed E-state index contributed by atoms with van der Waals surface area (Å²) in [6, 6.07) is 39.9. The number of anilines is 3. The third kappa shape index (κ3) is 12.4. The maximum atomic E-state index is 14.4. The average Bonchev–Trinajstić information content (AvgIpc) is 3.64. The molecular formula is C56H46N6O8. The normalized spacial score (nSPS) is 13.6. The van der Waals surface area contributed by atoms with Crippen molar-refractivity contribution in [1.29, 1.82) is 15.8 Å². The number of nitriles is 3. The van der Waals surface area contributed by atoms with Crippen molar-refractivity contribution in [2.24, 2.45) is 5.92 Å². The van der Waals surface area contributed by atoms with E-state index in [1.807, 2.05) is 47.4 Å². The lowest BCUT2D eigenvalue weighted by Crippen LogP contribution is -2.41. The number of esters is 3. The summed E-state index contributed by atoms with van der Waals surface area (Å²) in [6.45, 7) is 9.42. The first-order chi connectivity index (χ1) is 33.9. The summed E-state index contributed by atoms with van der Waals surface area (Å²) in [5.74, 6) is -4.49. The lowest BCUT2D eigenvalue weighted by Gasteiger charge is -2.28. The lowest BCUT2D eigenvalue weighted by atomic mass is 10.0. The molecule has 1 heterocycles. The van der Waals surface area contributed by atoms with Gasteiger partial charge in [0.25, 0.3) is 11.8 Å². The fourth-order valence-corrected chi connectivity index (χ4v) is 7.10. The Bertz CT molecular complexity index is 2850. The van der Waals surface area contributed by atoms with Gasteiger partial charge in [0.15, 0.2) is 0 Å². The third-order valence-corrected chi connectivity index (χ3v) is 11.0. The van der Waals surface area contributed by atoms with Gasteiger partial charge >= 0.3 is 17.9 Å². The first-order valence-corrected chi connectivity index (χ1v) is 21.9. The van der Waals surface area contributed by atoms with Crippen molar-refractivity contribution in [3.63, 3.8) is 0 Å². The van der Waals surface area contributed by atoms with Gasteiger partial charge < -0.3 is 19.1 Å². The Morgan fingerprint density at radius 2 is 0.900 bits per heavy atom. The molecule has 0 bridgehead atoms. The fourth-order valence-electron chi connectivity index (χ4n) is 7.10. The maximum absolute atomic E-state index is 14.4. The Balaban J connectivity index is 1.22. The van der Waals surface area contributed by atoms with Gasteiger partial charge in [-0.2, -0.15) is 15.8 Å². The smallest absolute Gasteiger partial charge is 0.349 e. The lowest BCUT2D eigenvalue weighted by molar-refractivity contribution is -0.140. The van der Waals surface area contributed by atoms with E-state index >= 15 is 0 Å². The highest BCUT2D eigenvalue weighted by Gasteiger charge is 2.47. The minimum atomic E-state index is -1.12. The molecule has 2 amide bonds. The Labute approximate surface area is 405 Å². The summed E-state index contributed by atoms with van der Waals surface area (Å²) >= 11 is 0. The Morgan fingerprint density at radius 3 is 1.24 bits per heavy atom. The van der Waals surface area contributed by atoms with Gasteiger partial charge in [-0.1, -0.05) is 110 Å². The molecule has 0 unspecified atom stereocenters. The molecule has 5 aromatic carbocycles. The van der Waals surface area contributed by atoms with Crippen LogP contribution in [0.3, 0.4) is 0 Å². The molecule has 1 fully saturated rings. The number of nitrogens with zero attached hydrogens (tertiary/aromatic N) is 6. The van der Waals surface area contributed by atoms with Gasteiger partial charge in [-0.05, 0) is 107 Å². The summed E-state index contributed by atoms with van der Waals surface area (Å²) in [5.41, 5.74) is 5.52. The minimum absolute atomic E-state index is 0.0474. The SMILES string of the molecule is C=Cc1ccc(COC(=O)/C(C#N)=C/c2ccc(N3C(=O)C(CCN(C)c4ccc(/C=C(\C#N)C(=O)OCC)cc4)C(=O)N3c3ccc(/C=C(\C#N)C(=O)OCc4ccc(C=C)cc4)cc3)cc2)cc1. The fraction of sp³-hybridized carbons (Fsp3) is 0.143. The largest absolute Gasteiger partial charge is 0.462 e. The van der Waals surface area contributed by atoms with Crippen LogP contribution in [0, 0.1) is 39.9 Å². The van der Waals surface area contributed by atoms with Crippen molar-refractivity contribution in [1.82, 2.24) is 0 Å². The monoisotopic (exact) mass is 930 g/mol. The zero-order valence-electron chi connectivity index (χ0n) is 38.4. The van der Waals surface area contributed by atoms with E-state index in [0.717, 1.165) is 27.9 Å². The third-order valence-electron chi connectivity index (χ3n) is 11.0. The summed E-state index contributed by atoms with van der Waals surface area (Å²) in [5, 5.41) is 31.6. The number of hydrazine groups is 1. The van der Waals surface area contributed by atoms with Crippen LogP contribution < -0.4 is 14.9 Å². The van der Waals surface area contributed by atoms with E-state index in [1.165, 1.54) is 28.2 Å². The van der Waals surface area contributed by atoms with Gasteiger partial charge in [-0.15, -0.1) is 0 Å². The molecule has 0 N–H and O–H groups in total. The molecule has 5 aromatic rings. The van der Waals surface area contributed by atoms with E-state index in [2.05, 4.69) is 13.2 Å². The van der Waals surface area contributed by atoms with Crippen LogP contribution in [0.15, 0.2) is 151 Å². The molecule has 6 rings (SSSR count). The number of carbonyl (C=O) groups is 5. The van der Waals surface area contributed by atoms with Crippen LogP contribution in [-0.2, 0) is 51.4 Å². The maximum Gasteiger partial charge on any atom is 0.349 e. The van der Waals surface area contributed by atoms with E-state index < -0.39 is 35.6 Å². The molecule has 348 valence electrons. The topological polar surface area (TPSA) is 194 Å². The summed E-state index contributed by atoms with van der Waals surface area (Å²) < 4.78 is 15.7. The van der Waals surface area contributed by atoms with Crippen LogP contribution in [-0.4, -0.2) is 49.9 Å². The zero-order chi connectivity index (χ0) is 50.2. The van der Waals surface area contributed by atoms with E-state index in [9.17, 15) is 39.8 Å². The van der Waals surface area contributed by atoms with Crippen LogP contribution in [0.25, 0.3) is 30.4 Å². The standard InChI is InChI=1S/C56H46N6O8/c1-5-38-8-12-43(13-9-38)36-69-55(66)46(34-58)31-41-18-24-49(25-19-41)61-52(63)51(28-29-60(4)48-22-16-40(17-23-48)30-45(33-57)54(65)68-7-3)53(64)62(61)50-26-20-42(21-27-50)32-47(35-59)56(67)70-37-44-14-10-39(6-2)11-15-44/h5-6,8-27,30-32,51H,1-2,7,28-29,36-37H2,3-4H3/b45-30+,46-31+,47-32+. The number of ether oxygens (including phenoxy) is 3. The Morgan fingerprint density at radius 1 is 0.557 bits per heavy atom. The van der Waals surface area contributed by atoms with E-state index in [1.54, 1.807) is 123 Å². The molecule has 0 spiro atoms. The number of rotatable bonds is 19. The summed E-state index contributed by atoms with van der Waals surface area (Å²) in [4.78, 5) is 68.6. The number of amides is 2. The van der Waals surface area contributed by atoms with Crippen molar-refractivity contribution < 1.29 is 38.2 Å². The molecule has 14 nitrogen and oxygen atoms in total. The predicted molar refractivity (Wildman–Crippen MR) is 266 cm³/mol. The molecule has 1 saturated heterocycles. The molecule has 0 aliphatic carbocycles. The van der Waals surface area contributed by atoms with Crippen molar-refractivity contribution >= 4 is 77.2 Å². The molecule has 0 saturated carbocycles. The van der Waals surface area contributed by atoms with Crippen molar-refractivity contribution in [2.75, 3.05) is 35.1 Å². The minimum Gasteiger partial charge on any atom is -0.462 e. The van der Waals surface area contributed by atoms with Gasteiger partial charge in [0.05, 0.1) is 18.0 Å². The van der Waals surface area contributed by atoms with Gasteiger partial charge in [0.1, 0.15) is 54.1 Å². The highest BCUT2D eigenvalue weighted by atomic mass is 16.5. The van der Waals surface area contributed by atoms with Crippen LogP contribution in [0.1, 0.15) is 52.3 Å². The van der Waals surface area contributed by atoms with E-state index in [4.69, 9.17) is 14.2 Å². The molecule has 1 aliphatic heterocycles. The van der Waals surface area contributed by atoms with Gasteiger partial charge in [0.2, 0.25) is 0 Å². The number of hydrogen-bond donors (Lipinski definition) is 0. The van der Waals surface area contributed by atoms with E-state index in [0.29, 0.717) is 28.1 Å². The average molecular weight is 931 g/mol. The Hall–Kier alpha value is -9.58. The number of hydrogen-bond acceptors (Lipinski definition) is 12. The first kappa shape index (κ1) is 49.8. The highest BCUT2D eigenvalue weighted by Crippen LogP contribution is 2.34. The second-order valence-corrected chi connectivity index (χ2v) is 15.6. The van der Waals surface area contributed by atoms with Crippen molar-refractivity contribution in [3.05, 3.63) is 190 Å². The van der Waals surface area contributed by atoms with Crippen LogP contribution >= 0.6 is 0 Å². The van der Waals surface area contributed by atoms with Crippen molar-refractivity contribution in [3.8, 4) is 18.2 Å². The first-order valence-electron chi connectivity index (χ1n) is 21.9. The molecule has 1 aliphatic rings. The predicted octanol–water partition coefficient (Wildman–Crippen LogP) is 9.18. The quantitative estimate of drug-likeness (QED) is 0.0251. The van der Waals surface area contributed by atoms with Gasteiger partial charge in [-0.25, -0.2) is 24.4 Å². The van der Waals surface area contributed by atoms with Gasteiger partial charge in [-0.3, -0.25) is 9.59 Å². The molecule has 70 heavy (non-hydrogen) atoms. The van der Waals surface area contributed by atoms with Crippen LogP contribution in [0.2, 0.25) is 0 Å². The zero-order valence-corrected chi connectivity index (χ0v) is 38.4. The highest BCUT2D eigenvalue weighted by molar-refractivity contribution is 6.23.